The predicted octanol–water partition coefficient (Wildman–Crippen LogP) is 3.00. The predicted molar refractivity (Wildman–Crippen MR) is 95.8 cm³/mol. The molecule has 1 aromatic carbocycles. The summed E-state index contributed by atoms with van der Waals surface area (Å²) >= 11 is 0. The first-order valence-electron chi connectivity index (χ1n) is 9.18. The van der Waals surface area contributed by atoms with Crippen LogP contribution in [0.15, 0.2) is 27.8 Å². The second-order valence-electron chi connectivity index (χ2n) is 7.52. The number of benzene rings is 1. The average Bonchev–Trinajstić information content (AvgIpc) is 2.60. The summed E-state index contributed by atoms with van der Waals surface area (Å²) in [6, 6.07) is 1.71. The Bertz CT molecular complexity index is 1080. The minimum atomic E-state index is -2.71. The Morgan fingerprint density at radius 1 is 1.00 bits per heavy atom. The number of ketones is 1. The van der Waals surface area contributed by atoms with Gasteiger partial charge in [-0.15, -0.1) is 0 Å². The first-order valence-corrected chi connectivity index (χ1v) is 9.18. The molecule has 6 nitrogen and oxygen atoms in total. The molecule has 1 unspecified atom stereocenters. The highest BCUT2D eigenvalue weighted by Crippen LogP contribution is 2.39. The van der Waals surface area contributed by atoms with Gasteiger partial charge in [0.1, 0.15) is 23.0 Å². The summed E-state index contributed by atoms with van der Waals surface area (Å²) in [5.41, 5.74) is -2.65. The summed E-state index contributed by atoms with van der Waals surface area (Å²) in [6.45, 7) is 0. The van der Waals surface area contributed by atoms with E-state index in [1.165, 1.54) is 0 Å². The number of nitrogens with zero attached hydrogens (tertiary/aromatic N) is 1. The van der Waals surface area contributed by atoms with Crippen LogP contribution in [0, 0.1) is 17.6 Å². The van der Waals surface area contributed by atoms with E-state index in [2.05, 4.69) is 10.3 Å². The fraction of sp³-hybridized carbons (Fsp3) is 0.421. The van der Waals surface area contributed by atoms with E-state index in [0.29, 0.717) is 10.6 Å². The van der Waals surface area contributed by atoms with Gasteiger partial charge in [0.15, 0.2) is 5.78 Å². The van der Waals surface area contributed by atoms with Crippen molar-refractivity contribution >= 4 is 11.6 Å². The number of carbonyl (C=O) groups is 1. The van der Waals surface area contributed by atoms with Gasteiger partial charge in [0, 0.05) is 31.4 Å². The Hall–Kier alpha value is -2.91. The number of fused-ring (bicyclic) bond motifs is 1. The Kier molecular flexibility index (Phi) is 4.59. The first-order chi connectivity index (χ1) is 13.6. The zero-order chi connectivity index (χ0) is 20.9. The van der Waals surface area contributed by atoms with E-state index in [1.54, 1.807) is 0 Å². The number of rotatable bonds is 2. The quantitative estimate of drug-likeness (QED) is 0.745. The highest BCUT2D eigenvalue weighted by molar-refractivity contribution is 6.02. The van der Waals surface area contributed by atoms with Crippen LogP contribution in [0.5, 0.6) is 0 Å². The number of halogens is 4. The molecule has 1 aliphatic heterocycles. The Morgan fingerprint density at radius 2 is 1.62 bits per heavy atom. The molecule has 1 saturated carbocycles. The lowest BCUT2D eigenvalue weighted by Gasteiger charge is -2.36. The van der Waals surface area contributed by atoms with Gasteiger partial charge in [-0.25, -0.2) is 26.9 Å². The van der Waals surface area contributed by atoms with Gasteiger partial charge >= 0.3 is 5.69 Å². The van der Waals surface area contributed by atoms with Crippen LogP contribution in [0.4, 0.5) is 23.4 Å². The first kappa shape index (κ1) is 19.4. The lowest BCUT2D eigenvalue weighted by Crippen LogP contribution is -2.45. The summed E-state index contributed by atoms with van der Waals surface area (Å²) in [7, 11) is 0. The van der Waals surface area contributed by atoms with Crippen LogP contribution in [0.2, 0.25) is 0 Å². The zero-order valence-corrected chi connectivity index (χ0v) is 15.1. The second kappa shape index (κ2) is 6.85. The number of hydrogen-bond donors (Lipinski definition) is 2. The van der Waals surface area contributed by atoms with Crippen molar-refractivity contribution in [2.24, 2.45) is 5.92 Å². The maximum atomic E-state index is 13.5. The van der Waals surface area contributed by atoms with Gasteiger partial charge in [0.25, 0.3) is 5.56 Å². The molecule has 1 atom stereocenters. The number of carbonyl (C=O) groups excluding carboxylic acids is 1. The van der Waals surface area contributed by atoms with Crippen LogP contribution in [-0.4, -0.2) is 27.3 Å². The number of H-pyrrole nitrogens is 1. The van der Waals surface area contributed by atoms with Crippen LogP contribution in [0.1, 0.15) is 42.5 Å². The van der Waals surface area contributed by atoms with Crippen molar-refractivity contribution in [3.63, 3.8) is 0 Å². The molecule has 1 aliphatic carbocycles. The van der Waals surface area contributed by atoms with E-state index in [9.17, 15) is 31.9 Å². The van der Waals surface area contributed by atoms with E-state index in [4.69, 9.17) is 0 Å². The molecule has 0 radical (unpaired) electrons. The van der Waals surface area contributed by atoms with Crippen LogP contribution in [0.25, 0.3) is 5.69 Å². The van der Waals surface area contributed by atoms with E-state index in [1.807, 2.05) is 0 Å². The topological polar surface area (TPSA) is 84.0 Å². The molecule has 0 amide bonds. The fourth-order valence-corrected chi connectivity index (χ4v) is 4.09. The molecule has 29 heavy (non-hydrogen) atoms. The van der Waals surface area contributed by atoms with Gasteiger partial charge in [-0.2, -0.15) is 0 Å². The molecular weight excluding hydrogens is 394 g/mol. The Morgan fingerprint density at radius 3 is 2.24 bits per heavy atom. The van der Waals surface area contributed by atoms with Crippen LogP contribution >= 0.6 is 0 Å². The standard InChI is InChI=1S/C19H17F4N3O3/c20-10-5-11(21)7-12(6-10)26-17(28)15-14(27)8-13(24-16(15)25-18(26)29)9-1-3-19(22,23)4-2-9/h5-7,9,13,24H,1-4,8H2,(H,25,29). The lowest BCUT2D eigenvalue weighted by atomic mass is 9.79. The Balaban J connectivity index is 1.71. The van der Waals surface area contributed by atoms with Gasteiger partial charge in [0.2, 0.25) is 5.92 Å². The van der Waals surface area contributed by atoms with E-state index >= 15 is 0 Å². The van der Waals surface area contributed by atoms with Crippen molar-refractivity contribution < 1.29 is 22.4 Å². The molecule has 154 valence electrons. The molecule has 2 heterocycles. The number of anilines is 1. The SMILES string of the molecule is O=C1CC(C2CCC(F)(F)CC2)Nc2[nH]c(=O)n(-c3cc(F)cc(F)c3)c(=O)c21. The summed E-state index contributed by atoms with van der Waals surface area (Å²) in [6.07, 6.45) is -0.212. The van der Waals surface area contributed by atoms with Crippen molar-refractivity contribution in [2.75, 3.05) is 5.32 Å². The molecule has 0 spiro atoms. The summed E-state index contributed by atoms with van der Waals surface area (Å²) in [4.78, 5) is 40.2. The second-order valence-corrected chi connectivity index (χ2v) is 7.52. The maximum Gasteiger partial charge on any atom is 0.334 e. The van der Waals surface area contributed by atoms with Crippen molar-refractivity contribution in [2.45, 2.75) is 44.1 Å². The van der Waals surface area contributed by atoms with Crippen LogP contribution in [0.3, 0.4) is 0 Å². The molecule has 2 aliphatic rings. The number of nitrogens with one attached hydrogen (secondary N) is 2. The molecule has 1 fully saturated rings. The Labute approximate surface area is 161 Å². The van der Waals surface area contributed by atoms with Gasteiger partial charge in [-0.1, -0.05) is 0 Å². The summed E-state index contributed by atoms with van der Waals surface area (Å²) in [5.74, 6) is -5.53. The third-order valence-corrected chi connectivity index (χ3v) is 5.55. The highest BCUT2D eigenvalue weighted by atomic mass is 19.3. The van der Waals surface area contributed by atoms with Crippen molar-refractivity contribution in [3.05, 3.63) is 56.2 Å². The molecule has 0 bridgehead atoms. The monoisotopic (exact) mass is 411 g/mol. The number of alkyl halides is 2. The van der Waals surface area contributed by atoms with Crippen molar-refractivity contribution in [1.29, 1.82) is 0 Å². The normalized spacial score (nSPS) is 21.5. The molecule has 2 N–H and O–H groups in total. The molecule has 0 saturated heterocycles. The minimum Gasteiger partial charge on any atom is -0.367 e. The summed E-state index contributed by atoms with van der Waals surface area (Å²) in [5, 5.41) is 2.92. The van der Waals surface area contributed by atoms with E-state index in [0.717, 1.165) is 12.1 Å². The van der Waals surface area contributed by atoms with Crippen LogP contribution < -0.4 is 16.6 Å². The molecule has 2 aromatic rings. The fourth-order valence-electron chi connectivity index (χ4n) is 4.09. The molecular formula is C19H17F4N3O3. The number of Topliss-reactive ketones (excluding diaryl/α,β-unsaturated/α-hetero) is 1. The van der Waals surface area contributed by atoms with Gasteiger partial charge in [-0.05, 0) is 30.9 Å². The van der Waals surface area contributed by atoms with E-state index < -0.39 is 40.6 Å². The van der Waals surface area contributed by atoms with Crippen molar-refractivity contribution in [3.8, 4) is 5.69 Å². The van der Waals surface area contributed by atoms with Crippen LogP contribution in [-0.2, 0) is 0 Å². The van der Waals surface area contributed by atoms with Crippen molar-refractivity contribution in [1.82, 2.24) is 9.55 Å². The summed E-state index contributed by atoms with van der Waals surface area (Å²) < 4.78 is 54.3. The molecule has 4 rings (SSSR count). The van der Waals surface area contributed by atoms with Gasteiger partial charge < -0.3 is 5.32 Å². The number of aromatic amines is 1. The van der Waals surface area contributed by atoms with Gasteiger partial charge in [-0.3, -0.25) is 14.6 Å². The number of aromatic nitrogens is 2. The minimum absolute atomic E-state index is 0.0910. The third-order valence-electron chi connectivity index (χ3n) is 5.55. The largest absolute Gasteiger partial charge is 0.367 e. The number of hydrogen-bond acceptors (Lipinski definition) is 4. The zero-order valence-electron chi connectivity index (χ0n) is 15.1. The van der Waals surface area contributed by atoms with E-state index in [-0.39, 0.29) is 55.1 Å². The van der Waals surface area contributed by atoms with Gasteiger partial charge in [0.05, 0.1) is 5.69 Å². The third kappa shape index (κ3) is 3.58. The smallest absolute Gasteiger partial charge is 0.334 e. The molecule has 10 heteroatoms. The molecule has 1 aromatic heterocycles. The highest BCUT2D eigenvalue weighted by Gasteiger charge is 2.40. The maximum absolute atomic E-state index is 13.5. The average molecular weight is 411 g/mol. The lowest BCUT2D eigenvalue weighted by molar-refractivity contribution is -0.0475.